The van der Waals surface area contributed by atoms with Crippen molar-refractivity contribution in [3.63, 3.8) is 0 Å². The van der Waals surface area contributed by atoms with Crippen LogP contribution < -0.4 is 5.73 Å². The van der Waals surface area contributed by atoms with Crippen LogP contribution in [0.25, 0.3) is 10.9 Å². The van der Waals surface area contributed by atoms with E-state index >= 15 is 0 Å². The summed E-state index contributed by atoms with van der Waals surface area (Å²) in [6.07, 6.45) is 1.85. The van der Waals surface area contributed by atoms with Gasteiger partial charge in [-0.1, -0.05) is 6.07 Å². The molecule has 4 heteroatoms. The van der Waals surface area contributed by atoms with Crippen LogP contribution >= 0.6 is 0 Å². The Labute approximate surface area is 80.6 Å². The number of fused-ring (bicyclic) bond motifs is 1. The Morgan fingerprint density at radius 3 is 2.79 bits per heavy atom. The van der Waals surface area contributed by atoms with Crippen LogP contribution in [0, 0.1) is 0 Å². The smallest absolute Gasteiger partial charge is 0.337 e. The zero-order chi connectivity index (χ0) is 10.3. The maximum Gasteiger partial charge on any atom is 0.337 e. The number of carboxylic acids is 1. The summed E-state index contributed by atoms with van der Waals surface area (Å²) in [6.45, 7) is 0. The number of nitrogens with two attached hydrogens (primary N) is 1. The molecule has 0 aliphatic heterocycles. The first-order valence-electron chi connectivity index (χ1n) is 4.18. The zero-order valence-electron chi connectivity index (χ0n) is 7.69. The van der Waals surface area contributed by atoms with E-state index in [2.05, 4.69) is 0 Å². The Morgan fingerprint density at radius 2 is 2.14 bits per heavy atom. The predicted molar refractivity (Wildman–Crippen MR) is 54.3 cm³/mol. The third-order valence-electron chi connectivity index (χ3n) is 2.31. The number of carboxylic acid groups (broad SMARTS) is 1. The van der Waals surface area contributed by atoms with E-state index in [1.807, 2.05) is 23.9 Å². The average Bonchev–Trinajstić information content (AvgIpc) is 2.48. The number of carbonyl (C=O) groups is 1. The van der Waals surface area contributed by atoms with Crippen molar-refractivity contribution < 1.29 is 9.90 Å². The Balaban J connectivity index is 2.86. The number of benzene rings is 1. The molecule has 0 fully saturated rings. The number of nitrogen functional groups attached to an aromatic ring is 1. The van der Waals surface area contributed by atoms with Crippen LogP contribution in [-0.4, -0.2) is 15.6 Å². The van der Waals surface area contributed by atoms with Crippen LogP contribution in [0.5, 0.6) is 0 Å². The van der Waals surface area contributed by atoms with Gasteiger partial charge in [-0.3, -0.25) is 0 Å². The number of nitrogens with zero attached hydrogens (tertiary/aromatic N) is 1. The Kier molecular flexibility index (Phi) is 1.70. The maximum absolute atomic E-state index is 10.8. The number of aryl methyl sites for hydroxylation is 1. The molecule has 0 bridgehead atoms. The van der Waals surface area contributed by atoms with Crippen molar-refractivity contribution in [2.45, 2.75) is 0 Å². The molecule has 14 heavy (non-hydrogen) atoms. The third kappa shape index (κ3) is 1.04. The molecule has 0 saturated heterocycles. The molecule has 2 rings (SSSR count). The van der Waals surface area contributed by atoms with Gasteiger partial charge in [-0.15, -0.1) is 0 Å². The SMILES string of the molecule is Cn1ccc2ccc(C(=O)O)c(N)c21. The molecule has 0 radical (unpaired) electrons. The Morgan fingerprint density at radius 1 is 1.43 bits per heavy atom. The largest absolute Gasteiger partial charge is 0.478 e. The topological polar surface area (TPSA) is 68.2 Å². The summed E-state index contributed by atoms with van der Waals surface area (Å²) >= 11 is 0. The second kappa shape index (κ2) is 2.77. The van der Waals surface area contributed by atoms with Crippen molar-refractivity contribution in [2.24, 2.45) is 7.05 Å². The summed E-state index contributed by atoms with van der Waals surface area (Å²) in [5, 5.41) is 9.82. The number of aromatic nitrogens is 1. The molecule has 1 aromatic carbocycles. The van der Waals surface area contributed by atoms with Crippen LogP contribution in [-0.2, 0) is 7.05 Å². The fourth-order valence-corrected chi connectivity index (χ4v) is 1.61. The van der Waals surface area contributed by atoms with E-state index in [4.69, 9.17) is 10.8 Å². The lowest BCUT2D eigenvalue weighted by atomic mass is 10.1. The first-order valence-corrected chi connectivity index (χ1v) is 4.18. The average molecular weight is 190 g/mol. The molecular formula is C10H10N2O2. The van der Waals surface area contributed by atoms with Crippen molar-refractivity contribution >= 4 is 22.6 Å². The van der Waals surface area contributed by atoms with Gasteiger partial charge in [-0.2, -0.15) is 0 Å². The molecule has 0 aliphatic rings. The van der Waals surface area contributed by atoms with E-state index in [1.165, 1.54) is 6.07 Å². The van der Waals surface area contributed by atoms with E-state index < -0.39 is 5.97 Å². The van der Waals surface area contributed by atoms with Crippen molar-refractivity contribution in [2.75, 3.05) is 5.73 Å². The molecule has 0 unspecified atom stereocenters. The standard InChI is InChI=1S/C10H10N2O2/c1-12-5-4-6-2-3-7(10(13)14)8(11)9(6)12/h2-5H,11H2,1H3,(H,13,14). The lowest BCUT2D eigenvalue weighted by molar-refractivity contribution is 0.0698. The van der Waals surface area contributed by atoms with Gasteiger partial charge < -0.3 is 15.4 Å². The van der Waals surface area contributed by atoms with Gasteiger partial charge in [0.15, 0.2) is 0 Å². The van der Waals surface area contributed by atoms with E-state index in [0.717, 1.165) is 10.9 Å². The summed E-state index contributed by atoms with van der Waals surface area (Å²) < 4.78 is 1.82. The van der Waals surface area contributed by atoms with Crippen LogP contribution in [0.4, 0.5) is 5.69 Å². The number of anilines is 1. The number of hydrogen-bond donors (Lipinski definition) is 2. The maximum atomic E-state index is 10.8. The van der Waals surface area contributed by atoms with Gasteiger partial charge in [0.25, 0.3) is 0 Å². The number of hydrogen-bond acceptors (Lipinski definition) is 2. The summed E-state index contributed by atoms with van der Waals surface area (Å²) in [7, 11) is 1.84. The first kappa shape index (κ1) is 8.62. The molecule has 0 aliphatic carbocycles. The quantitative estimate of drug-likeness (QED) is 0.669. The lowest BCUT2D eigenvalue weighted by Crippen LogP contribution is -2.03. The summed E-state index contributed by atoms with van der Waals surface area (Å²) in [4.78, 5) is 10.8. The molecule has 1 aromatic heterocycles. The van der Waals surface area contributed by atoms with Gasteiger partial charge in [-0.25, -0.2) is 4.79 Å². The fraction of sp³-hybridized carbons (Fsp3) is 0.100. The Bertz CT molecular complexity index is 514. The molecule has 0 amide bonds. The molecule has 4 nitrogen and oxygen atoms in total. The molecule has 0 spiro atoms. The molecule has 1 heterocycles. The van der Waals surface area contributed by atoms with E-state index in [0.29, 0.717) is 5.69 Å². The normalized spacial score (nSPS) is 10.6. The number of rotatable bonds is 1. The molecule has 3 N–H and O–H groups in total. The molecule has 72 valence electrons. The highest BCUT2D eigenvalue weighted by Crippen LogP contribution is 2.25. The van der Waals surface area contributed by atoms with Crippen LogP contribution in [0.1, 0.15) is 10.4 Å². The second-order valence-corrected chi connectivity index (χ2v) is 3.20. The van der Waals surface area contributed by atoms with Crippen molar-refractivity contribution in [1.82, 2.24) is 4.57 Å². The molecular weight excluding hydrogens is 180 g/mol. The van der Waals surface area contributed by atoms with Gasteiger partial charge in [0.05, 0.1) is 16.8 Å². The minimum absolute atomic E-state index is 0.152. The number of aromatic carboxylic acids is 1. The lowest BCUT2D eigenvalue weighted by Gasteiger charge is -2.04. The highest BCUT2D eigenvalue weighted by atomic mass is 16.4. The summed E-state index contributed by atoms with van der Waals surface area (Å²) in [5.41, 5.74) is 7.01. The minimum atomic E-state index is -0.995. The third-order valence-corrected chi connectivity index (χ3v) is 2.31. The highest BCUT2D eigenvalue weighted by molar-refractivity contribution is 6.03. The summed E-state index contributed by atoms with van der Waals surface area (Å²) in [6, 6.07) is 5.19. The van der Waals surface area contributed by atoms with Crippen LogP contribution in [0.3, 0.4) is 0 Å². The minimum Gasteiger partial charge on any atom is -0.478 e. The Hall–Kier alpha value is -1.97. The molecule has 2 aromatic rings. The fourth-order valence-electron chi connectivity index (χ4n) is 1.61. The van der Waals surface area contributed by atoms with Gasteiger partial charge >= 0.3 is 5.97 Å². The van der Waals surface area contributed by atoms with E-state index in [-0.39, 0.29) is 5.56 Å². The van der Waals surface area contributed by atoms with Crippen molar-refractivity contribution in [3.05, 3.63) is 30.0 Å². The van der Waals surface area contributed by atoms with Crippen LogP contribution in [0.2, 0.25) is 0 Å². The van der Waals surface area contributed by atoms with E-state index in [9.17, 15) is 4.79 Å². The van der Waals surface area contributed by atoms with Crippen molar-refractivity contribution in [1.29, 1.82) is 0 Å². The predicted octanol–water partition coefficient (Wildman–Crippen LogP) is 1.46. The monoisotopic (exact) mass is 190 g/mol. The van der Waals surface area contributed by atoms with Crippen molar-refractivity contribution in [3.8, 4) is 0 Å². The second-order valence-electron chi connectivity index (χ2n) is 3.20. The van der Waals surface area contributed by atoms with E-state index in [1.54, 1.807) is 6.07 Å². The zero-order valence-corrected chi connectivity index (χ0v) is 7.69. The molecule has 0 atom stereocenters. The van der Waals surface area contributed by atoms with Gasteiger partial charge in [0, 0.05) is 18.6 Å². The highest BCUT2D eigenvalue weighted by Gasteiger charge is 2.12. The van der Waals surface area contributed by atoms with Gasteiger partial charge in [0.2, 0.25) is 0 Å². The summed E-state index contributed by atoms with van der Waals surface area (Å²) in [5.74, 6) is -0.995. The molecule has 0 saturated carbocycles. The first-order chi connectivity index (χ1) is 6.61. The van der Waals surface area contributed by atoms with Gasteiger partial charge in [0.1, 0.15) is 0 Å². The van der Waals surface area contributed by atoms with Gasteiger partial charge in [-0.05, 0) is 12.1 Å². The van der Waals surface area contributed by atoms with Crippen LogP contribution in [0.15, 0.2) is 24.4 Å².